The summed E-state index contributed by atoms with van der Waals surface area (Å²) in [6.07, 6.45) is 5.88. The summed E-state index contributed by atoms with van der Waals surface area (Å²) < 4.78 is 5.32. The second-order valence-electron chi connectivity index (χ2n) is 4.57. The zero-order valence-corrected chi connectivity index (χ0v) is 10.8. The molecule has 0 unspecified atom stereocenters. The van der Waals surface area contributed by atoms with Crippen molar-refractivity contribution in [1.82, 2.24) is 15.8 Å². The van der Waals surface area contributed by atoms with Crippen LogP contribution in [0.2, 0.25) is 0 Å². The van der Waals surface area contributed by atoms with Crippen LogP contribution < -0.4 is 10.9 Å². The summed E-state index contributed by atoms with van der Waals surface area (Å²) in [5.74, 6) is 0. The minimum Gasteiger partial charge on any atom is -0.379 e. The van der Waals surface area contributed by atoms with Gasteiger partial charge in [-0.15, -0.1) is 0 Å². The van der Waals surface area contributed by atoms with E-state index in [1.807, 2.05) is 6.08 Å². The van der Waals surface area contributed by atoms with Crippen molar-refractivity contribution in [2.75, 3.05) is 32.8 Å². The lowest BCUT2D eigenvalue weighted by Gasteiger charge is -2.28. The van der Waals surface area contributed by atoms with E-state index in [1.54, 1.807) is 0 Å². The standard InChI is InChI=1S/C12H19N5O2/c13-14-12(18)16-15-11-3-1-10(2-4-11)9-17-5-7-19-8-6-17/h1,3,13,15H,2,4-9H2,(H,16,18). The molecule has 1 fully saturated rings. The number of morpholine rings is 1. The maximum absolute atomic E-state index is 10.8. The first kappa shape index (κ1) is 13.7. The van der Waals surface area contributed by atoms with Crippen LogP contribution in [-0.2, 0) is 4.74 Å². The van der Waals surface area contributed by atoms with Gasteiger partial charge in [-0.1, -0.05) is 16.8 Å². The van der Waals surface area contributed by atoms with Crippen molar-refractivity contribution < 1.29 is 9.53 Å². The van der Waals surface area contributed by atoms with Gasteiger partial charge in [0.15, 0.2) is 0 Å². The Morgan fingerprint density at radius 2 is 2.16 bits per heavy atom. The van der Waals surface area contributed by atoms with Crippen LogP contribution in [0.5, 0.6) is 0 Å². The average Bonchev–Trinajstić information content (AvgIpc) is 2.47. The lowest BCUT2D eigenvalue weighted by molar-refractivity contribution is 0.0419. The SMILES string of the molecule is N=NC(=O)NNC1=CC=C(CN2CCOCC2)CC1. The molecule has 1 saturated heterocycles. The Hall–Kier alpha value is -1.73. The molecule has 0 aromatic rings. The predicted octanol–water partition coefficient (Wildman–Crippen LogP) is 1.17. The smallest absolute Gasteiger partial charge is 0.377 e. The van der Waals surface area contributed by atoms with E-state index in [1.165, 1.54) is 5.57 Å². The van der Waals surface area contributed by atoms with Gasteiger partial charge in [-0.05, 0) is 18.9 Å². The van der Waals surface area contributed by atoms with Gasteiger partial charge in [-0.3, -0.25) is 4.90 Å². The molecule has 2 rings (SSSR count). The molecule has 1 aliphatic heterocycles. The Balaban J connectivity index is 1.78. The maximum Gasteiger partial charge on any atom is 0.377 e. The van der Waals surface area contributed by atoms with Gasteiger partial charge < -0.3 is 10.2 Å². The maximum atomic E-state index is 10.8. The molecule has 0 bridgehead atoms. The van der Waals surface area contributed by atoms with Crippen molar-refractivity contribution in [2.45, 2.75) is 12.8 Å². The number of nitrogens with one attached hydrogen (secondary N) is 3. The fourth-order valence-electron chi connectivity index (χ4n) is 2.12. The van der Waals surface area contributed by atoms with Crippen LogP contribution in [0.25, 0.3) is 0 Å². The monoisotopic (exact) mass is 265 g/mol. The first-order chi connectivity index (χ1) is 9.28. The molecule has 1 aliphatic carbocycles. The third kappa shape index (κ3) is 4.46. The second kappa shape index (κ2) is 7.01. The summed E-state index contributed by atoms with van der Waals surface area (Å²) in [4.78, 5) is 13.2. The third-order valence-electron chi connectivity index (χ3n) is 3.20. The van der Waals surface area contributed by atoms with Gasteiger partial charge >= 0.3 is 6.03 Å². The first-order valence-corrected chi connectivity index (χ1v) is 6.40. The van der Waals surface area contributed by atoms with Gasteiger partial charge in [0, 0.05) is 25.3 Å². The predicted molar refractivity (Wildman–Crippen MR) is 69.5 cm³/mol. The highest BCUT2D eigenvalue weighted by Gasteiger charge is 2.14. The Bertz CT molecular complexity index is 399. The fraction of sp³-hybridized carbons (Fsp3) is 0.583. The van der Waals surface area contributed by atoms with Gasteiger partial charge in [-0.25, -0.2) is 10.2 Å². The molecule has 7 nitrogen and oxygen atoms in total. The van der Waals surface area contributed by atoms with Crippen LogP contribution in [0.1, 0.15) is 12.8 Å². The fourth-order valence-corrected chi connectivity index (χ4v) is 2.12. The largest absolute Gasteiger partial charge is 0.379 e. The van der Waals surface area contributed by atoms with E-state index >= 15 is 0 Å². The third-order valence-corrected chi connectivity index (χ3v) is 3.20. The highest BCUT2D eigenvalue weighted by molar-refractivity contribution is 5.73. The van der Waals surface area contributed by atoms with Gasteiger partial charge in [0.05, 0.1) is 13.2 Å². The second-order valence-corrected chi connectivity index (χ2v) is 4.57. The molecule has 3 N–H and O–H groups in total. The van der Waals surface area contributed by atoms with E-state index in [-0.39, 0.29) is 0 Å². The molecule has 7 heteroatoms. The van der Waals surface area contributed by atoms with Crippen LogP contribution in [-0.4, -0.2) is 43.8 Å². The lowest BCUT2D eigenvalue weighted by atomic mass is 10.0. The van der Waals surface area contributed by atoms with Gasteiger partial charge in [0.2, 0.25) is 0 Å². The zero-order chi connectivity index (χ0) is 13.5. The molecule has 0 atom stereocenters. The van der Waals surface area contributed by atoms with Crippen molar-refractivity contribution in [3.8, 4) is 0 Å². The molecule has 2 amide bonds. The van der Waals surface area contributed by atoms with Crippen LogP contribution in [0.3, 0.4) is 0 Å². The topological polar surface area (TPSA) is 89.8 Å². The minimum absolute atomic E-state index is 0.691. The summed E-state index contributed by atoms with van der Waals surface area (Å²) in [6.45, 7) is 4.61. The van der Waals surface area contributed by atoms with E-state index in [0.717, 1.165) is 51.4 Å². The molecule has 104 valence electrons. The molecule has 0 radical (unpaired) electrons. The molecule has 2 aliphatic rings. The van der Waals surface area contributed by atoms with Gasteiger partial charge in [0.1, 0.15) is 0 Å². The van der Waals surface area contributed by atoms with E-state index in [4.69, 9.17) is 10.3 Å². The van der Waals surface area contributed by atoms with E-state index in [9.17, 15) is 4.79 Å². The number of hydrogen-bond acceptors (Lipinski definition) is 5. The first-order valence-electron chi connectivity index (χ1n) is 6.40. The molecule has 0 spiro atoms. The number of rotatable bonds is 4. The molecular formula is C12H19N5O2. The highest BCUT2D eigenvalue weighted by atomic mass is 16.5. The van der Waals surface area contributed by atoms with Crippen LogP contribution in [0.15, 0.2) is 28.5 Å². The Morgan fingerprint density at radius 1 is 1.37 bits per heavy atom. The number of urea groups is 1. The zero-order valence-electron chi connectivity index (χ0n) is 10.8. The quantitative estimate of drug-likeness (QED) is 0.525. The number of carbonyl (C=O) groups excluding carboxylic acids is 1. The van der Waals surface area contributed by atoms with E-state index in [0.29, 0.717) is 0 Å². The number of hydrazine groups is 1. The Kier molecular flexibility index (Phi) is 5.05. The van der Waals surface area contributed by atoms with Crippen LogP contribution in [0, 0.1) is 5.53 Å². The summed E-state index contributed by atoms with van der Waals surface area (Å²) >= 11 is 0. The molecule has 1 heterocycles. The lowest BCUT2D eigenvalue weighted by Crippen LogP contribution is -2.38. The van der Waals surface area contributed by atoms with Crippen molar-refractivity contribution in [2.24, 2.45) is 5.11 Å². The van der Waals surface area contributed by atoms with E-state index in [2.05, 4.69) is 26.9 Å². The number of allylic oxidation sites excluding steroid dienone is 3. The minimum atomic E-state index is -0.691. The van der Waals surface area contributed by atoms with Crippen molar-refractivity contribution in [3.05, 3.63) is 23.4 Å². The van der Waals surface area contributed by atoms with E-state index < -0.39 is 6.03 Å². The molecule has 19 heavy (non-hydrogen) atoms. The van der Waals surface area contributed by atoms with Crippen molar-refractivity contribution in [3.63, 3.8) is 0 Å². The summed E-state index contributed by atoms with van der Waals surface area (Å²) in [6, 6.07) is -0.691. The number of hydrogen-bond donors (Lipinski definition) is 3. The normalized spacial score (nSPS) is 20.2. The average molecular weight is 265 g/mol. The molecule has 0 aromatic carbocycles. The van der Waals surface area contributed by atoms with Crippen LogP contribution in [0.4, 0.5) is 4.79 Å². The molecule has 0 aromatic heterocycles. The van der Waals surface area contributed by atoms with Crippen molar-refractivity contribution >= 4 is 6.03 Å². The summed E-state index contributed by atoms with van der Waals surface area (Å²) in [5, 5.41) is 2.74. The summed E-state index contributed by atoms with van der Waals surface area (Å²) in [5.41, 5.74) is 13.9. The van der Waals surface area contributed by atoms with Gasteiger partial charge in [-0.2, -0.15) is 5.53 Å². The molecular weight excluding hydrogens is 246 g/mol. The van der Waals surface area contributed by atoms with Crippen LogP contribution >= 0.6 is 0 Å². The number of amides is 2. The summed E-state index contributed by atoms with van der Waals surface area (Å²) in [7, 11) is 0. The molecule has 0 saturated carbocycles. The number of nitrogens with zero attached hydrogens (tertiary/aromatic N) is 2. The Labute approximate surface area is 112 Å². The number of carbonyl (C=O) groups is 1. The van der Waals surface area contributed by atoms with Crippen molar-refractivity contribution in [1.29, 1.82) is 5.53 Å². The highest BCUT2D eigenvalue weighted by Crippen LogP contribution is 2.17. The Morgan fingerprint density at radius 3 is 2.79 bits per heavy atom. The number of ether oxygens (including phenoxy) is 1. The van der Waals surface area contributed by atoms with Gasteiger partial charge in [0.25, 0.3) is 0 Å².